The number of fused-ring (bicyclic) bond motifs is 1. The van der Waals surface area contributed by atoms with Gasteiger partial charge in [-0.05, 0) is 66.8 Å². The number of likely N-dealkylation sites (tertiary alicyclic amines) is 1. The molecule has 0 spiro atoms. The predicted octanol–water partition coefficient (Wildman–Crippen LogP) is -0.0286. The van der Waals surface area contributed by atoms with Crippen molar-refractivity contribution in [1.82, 2.24) is 67.7 Å². The van der Waals surface area contributed by atoms with Crippen LogP contribution in [0.3, 0.4) is 0 Å². The monoisotopic (exact) mass is 1380 g/mol. The van der Waals surface area contributed by atoms with Crippen LogP contribution in [0.4, 0.5) is 0 Å². The zero-order valence-electron chi connectivity index (χ0n) is 54.4. The molecule has 11 amide bonds. The van der Waals surface area contributed by atoms with Crippen molar-refractivity contribution >= 4 is 107 Å². The number of aromatic nitrogens is 3. The van der Waals surface area contributed by atoms with Crippen molar-refractivity contribution in [2.45, 2.75) is 145 Å². The Morgan fingerprint density at radius 2 is 1.03 bits per heavy atom. The Labute approximate surface area is 577 Å². The Hall–Kier alpha value is -10.1. The maximum atomic E-state index is 15.2. The van der Waals surface area contributed by atoms with Gasteiger partial charge in [-0.15, -0.1) is 0 Å². The van der Waals surface area contributed by atoms with E-state index in [-0.39, 0.29) is 56.6 Å². The first-order chi connectivity index (χ1) is 46.9. The summed E-state index contributed by atoms with van der Waals surface area (Å²) < 4.78 is 0. The number of thiol groups is 2. The molecule has 7 rings (SSSR count). The van der Waals surface area contributed by atoms with Gasteiger partial charge in [-0.3, -0.25) is 57.5 Å². The van der Waals surface area contributed by atoms with Crippen molar-refractivity contribution in [1.29, 1.82) is 0 Å². The molecule has 2 aromatic heterocycles. The normalized spacial score (nSPS) is 15.8. The minimum absolute atomic E-state index is 0.0450. The minimum Gasteiger partial charge on any atom is -0.480 e. The number of carboxylic acid groups (broad SMARTS) is 1. The lowest BCUT2D eigenvalue weighted by Gasteiger charge is -2.32. The summed E-state index contributed by atoms with van der Waals surface area (Å²) in [4.78, 5) is 178. The highest BCUT2D eigenvalue weighted by atomic mass is 32.1. The number of imidazole rings is 1. The number of H-pyrrole nitrogens is 2. The number of amides is 11. The van der Waals surface area contributed by atoms with Crippen molar-refractivity contribution in [3.05, 3.63) is 162 Å². The van der Waals surface area contributed by atoms with Gasteiger partial charge >= 0.3 is 5.97 Å². The standard InChI is InChI=1S/C68H85N15O13S2/c1-38(2)57(82-62(89)50(31-43-33-72-47-23-14-13-22-45(43)47)76-64(91)54(36-98)80-58(85)46(69)28-40-16-7-4-8-17-40)66(93)79-52(30-42-20-11-6-12-21-42)67(94)83-27-15-24-55(83)65(92)78-49(29-41-18-9-5-10-19-41)60(87)75-48(25-26-56(70)84)59(86)77-51(32-44-34-71-37-73-44)61(88)81-53(35-97)63(90)74-39(3)68(95)96/h4-14,16-23,33-34,37-39,46,48-55,57,72,97-98H,15,24-32,35-36,69H2,1-3H3,(H2,70,84)(H,71,73)(H,74,90)(H,75,87)(H,76,91)(H,77,86)(H,78,92)(H,79,93)(H,80,85)(H,81,88)(H,82,89)(H,95,96)/t39-,46-,48-,49-,50-,51-,52-,53-,54-,55-,57-/m0/s1. The molecule has 11 atom stereocenters. The molecule has 16 N–H and O–H groups in total. The SMILES string of the molecule is CC(C)[C@H](NC(=O)[C@H](Cc1c[nH]c2ccccc12)NC(=O)[C@H](CS)NC(=O)[C@@H](N)Cc1ccccc1)C(=O)N[C@@H](Cc1ccccc1)C(=O)N1CCC[C@H]1C(=O)N[C@@H](Cc1ccccc1)C(=O)N[C@@H](CCC(N)=O)C(=O)N[C@@H](Cc1cnc[nH]1)C(=O)N[C@@H](CS)C(=O)N[C@@H](C)C(=O)O. The molecule has 4 aromatic carbocycles. The molecular weight excluding hydrogens is 1300 g/mol. The van der Waals surface area contributed by atoms with Gasteiger partial charge in [0.1, 0.15) is 60.4 Å². The lowest BCUT2D eigenvalue weighted by molar-refractivity contribution is -0.142. The number of nitrogens with two attached hydrogens (primary N) is 2. The molecule has 3 heterocycles. The van der Waals surface area contributed by atoms with Crippen molar-refractivity contribution < 1.29 is 62.6 Å². The van der Waals surface area contributed by atoms with E-state index in [0.29, 0.717) is 28.8 Å². The smallest absolute Gasteiger partial charge is 0.325 e. The van der Waals surface area contributed by atoms with Crippen LogP contribution in [-0.2, 0) is 89.6 Å². The maximum Gasteiger partial charge on any atom is 0.325 e. The third-order valence-electron chi connectivity index (χ3n) is 16.5. The molecule has 28 nitrogen and oxygen atoms in total. The number of hydrogen-bond donors (Lipinski definition) is 16. The van der Waals surface area contributed by atoms with Crippen molar-refractivity contribution in [3.8, 4) is 0 Å². The Bertz CT molecular complexity index is 3740. The van der Waals surface area contributed by atoms with E-state index in [9.17, 15) is 57.8 Å². The number of carbonyl (C=O) groups excluding carboxylic acids is 11. The Morgan fingerprint density at radius 3 is 1.59 bits per heavy atom. The number of primary amides is 1. The fourth-order valence-corrected chi connectivity index (χ4v) is 11.6. The second-order valence-corrected chi connectivity index (χ2v) is 25.0. The average Bonchev–Trinajstić information content (AvgIpc) is 1.64. The number of carbonyl (C=O) groups is 12. The molecule has 0 bridgehead atoms. The summed E-state index contributed by atoms with van der Waals surface area (Å²) in [5.41, 5.74) is 15.6. The first-order valence-electron chi connectivity index (χ1n) is 32.1. The summed E-state index contributed by atoms with van der Waals surface area (Å²) in [5.74, 6) is -11.3. The number of rotatable bonds is 36. The second-order valence-electron chi connectivity index (χ2n) is 24.3. The first kappa shape index (κ1) is 75.3. The third kappa shape index (κ3) is 22.0. The average molecular weight is 1380 g/mol. The number of hydrogen-bond acceptors (Lipinski definition) is 16. The molecule has 0 unspecified atom stereocenters. The van der Waals surface area contributed by atoms with Gasteiger partial charge in [0, 0.05) is 79.1 Å². The third-order valence-corrected chi connectivity index (χ3v) is 17.3. The molecular formula is C68H85N15O13S2. The van der Waals surface area contributed by atoms with Gasteiger partial charge in [0.25, 0.3) is 0 Å². The molecule has 1 fully saturated rings. The quantitative estimate of drug-likeness (QED) is 0.0230. The number of benzene rings is 4. The van der Waals surface area contributed by atoms with Crippen LogP contribution in [0.1, 0.15) is 74.4 Å². The number of carboxylic acids is 1. The van der Waals surface area contributed by atoms with Gasteiger partial charge in [-0.25, -0.2) is 4.98 Å². The fourth-order valence-electron chi connectivity index (χ4n) is 11.1. The van der Waals surface area contributed by atoms with E-state index in [0.717, 1.165) is 16.5 Å². The molecule has 1 aliphatic heterocycles. The minimum atomic E-state index is -1.58. The van der Waals surface area contributed by atoms with Crippen molar-refractivity contribution in [2.75, 3.05) is 18.1 Å². The van der Waals surface area contributed by atoms with Gasteiger partial charge in [-0.2, -0.15) is 25.3 Å². The van der Waals surface area contributed by atoms with E-state index < -0.39 is 156 Å². The van der Waals surface area contributed by atoms with Gasteiger partial charge in [-0.1, -0.05) is 123 Å². The van der Waals surface area contributed by atoms with E-state index in [1.807, 2.05) is 54.6 Å². The summed E-state index contributed by atoms with van der Waals surface area (Å²) in [5, 5.41) is 34.0. The summed E-state index contributed by atoms with van der Waals surface area (Å²) >= 11 is 8.53. The van der Waals surface area contributed by atoms with Crippen LogP contribution in [0.15, 0.2) is 134 Å². The molecule has 0 aliphatic carbocycles. The maximum absolute atomic E-state index is 15.2. The van der Waals surface area contributed by atoms with E-state index in [1.165, 1.54) is 24.3 Å². The Balaban J connectivity index is 1.10. The van der Waals surface area contributed by atoms with E-state index in [1.54, 1.807) is 80.7 Å². The number of aromatic amines is 2. The highest BCUT2D eigenvalue weighted by molar-refractivity contribution is 7.80. The van der Waals surface area contributed by atoms with Crippen molar-refractivity contribution in [2.24, 2.45) is 17.4 Å². The van der Waals surface area contributed by atoms with Gasteiger partial charge in [0.2, 0.25) is 65.0 Å². The number of nitrogens with zero attached hydrogens (tertiary/aromatic N) is 2. The zero-order chi connectivity index (χ0) is 71.0. The van der Waals surface area contributed by atoms with Crippen LogP contribution in [0.5, 0.6) is 0 Å². The second kappa shape index (κ2) is 36.9. The molecule has 1 aliphatic rings. The van der Waals surface area contributed by atoms with E-state index in [2.05, 4.69) is 88.1 Å². The van der Waals surface area contributed by atoms with Crippen LogP contribution in [0.25, 0.3) is 10.9 Å². The summed E-state index contributed by atoms with van der Waals surface area (Å²) in [7, 11) is 0. The predicted molar refractivity (Wildman–Crippen MR) is 369 cm³/mol. The van der Waals surface area contributed by atoms with Crippen molar-refractivity contribution in [3.63, 3.8) is 0 Å². The highest BCUT2D eigenvalue weighted by Crippen LogP contribution is 2.23. The summed E-state index contributed by atoms with van der Waals surface area (Å²) in [6, 6.07) is 19.0. The molecule has 522 valence electrons. The number of para-hydroxylation sites is 1. The van der Waals surface area contributed by atoms with Gasteiger partial charge < -0.3 is 79.3 Å². The van der Waals surface area contributed by atoms with Crippen LogP contribution < -0.4 is 59.3 Å². The van der Waals surface area contributed by atoms with Crippen LogP contribution >= 0.6 is 25.3 Å². The van der Waals surface area contributed by atoms with E-state index >= 15 is 4.79 Å². The van der Waals surface area contributed by atoms with E-state index in [4.69, 9.17) is 11.5 Å². The van der Waals surface area contributed by atoms with Crippen LogP contribution in [0.2, 0.25) is 0 Å². The number of nitrogens with one attached hydrogen (secondary N) is 11. The number of aliphatic carboxylic acids is 1. The molecule has 0 radical (unpaired) electrons. The van der Waals surface area contributed by atoms with Gasteiger partial charge in [0.15, 0.2) is 0 Å². The Morgan fingerprint density at radius 1 is 0.551 bits per heavy atom. The first-order valence-corrected chi connectivity index (χ1v) is 33.4. The lowest BCUT2D eigenvalue weighted by Crippen LogP contribution is -2.62. The zero-order valence-corrected chi connectivity index (χ0v) is 56.2. The van der Waals surface area contributed by atoms with Gasteiger partial charge in [0.05, 0.1) is 12.4 Å². The molecule has 6 aromatic rings. The molecule has 0 saturated carbocycles. The highest BCUT2D eigenvalue weighted by Gasteiger charge is 2.41. The summed E-state index contributed by atoms with van der Waals surface area (Å²) in [6.45, 7) is 4.63. The molecule has 30 heteroatoms. The lowest BCUT2D eigenvalue weighted by atomic mass is 9.99. The fraction of sp³-hybridized carbons (Fsp3) is 0.397. The Kier molecular flexibility index (Phi) is 28.3. The molecule has 1 saturated heterocycles. The topological polar surface area (TPSA) is 433 Å². The van der Waals surface area contributed by atoms with Crippen LogP contribution in [0, 0.1) is 5.92 Å². The molecule has 98 heavy (non-hydrogen) atoms. The van der Waals surface area contributed by atoms with Crippen LogP contribution in [-0.4, -0.2) is 180 Å². The summed E-state index contributed by atoms with van der Waals surface area (Å²) in [6.07, 6.45) is 3.66. The largest absolute Gasteiger partial charge is 0.480 e.